The van der Waals surface area contributed by atoms with Crippen molar-refractivity contribution in [1.82, 2.24) is 9.80 Å². The van der Waals surface area contributed by atoms with Gasteiger partial charge in [0.15, 0.2) is 0 Å². The molecule has 1 heterocycles. The molecule has 1 aromatic carbocycles. The van der Waals surface area contributed by atoms with E-state index in [9.17, 15) is 4.79 Å². The first-order valence-corrected chi connectivity index (χ1v) is 10.5. The number of hydrogen-bond donors (Lipinski definition) is 0. The Labute approximate surface area is 172 Å². The zero-order chi connectivity index (χ0) is 20.2. The van der Waals surface area contributed by atoms with Crippen LogP contribution in [0.1, 0.15) is 53.0 Å². The second-order valence-corrected chi connectivity index (χ2v) is 9.35. The van der Waals surface area contributed by atoms with E-state index in [2.05, 4.69) is 33.0 Å². The summed E-state index contributed by atoms with van der Waals surface area (Å²) in [7, 11) is 1.84. The lowest BCUT2D eigenvalue weighted by molar-refractivity contribution is 0.0148. The number of piperidine rings is 1. The van der Waals surface area contributed by atoms with Crippen LogP contribution in [0, 0.1) is 0 Å². The number of amides is 1. The molecule has 2 rings (SSSR count). The monoisotopic (exact) mass is 440 g/mol. The van der Waals surface area contributed by atoms with Gasteiger partial charge < -0.3 is 14.4 Å². The molecule has 0 aromatic heterocycles. The van der Waals surface area contributed by atoms with Crippen molar-refractivity contribution in [3.8, 4) is 5.75 Å². The standard InChI is InChI=1S/C21H33BrN2O3/c1-15(2)26-19-16(8-7-9-18(19)22)14-24-12-10-17(11-13-24)23(6)20(25)27-21(3,4)5/h7-9,15,17H,10-14H2,1-6H3. The maximum absolute atomic E-state index is 12.3. The summed E-state index contributed by atoms with van der Waals surface area (Å²) in [5.41, 5.74) is 0.733. The van der Waals surface area contributed by atoms with Gasteiger partial charge in [-0.25, -0.2) is 4.79 Å². The number of rotatable bonds is 5. The quantitative estimate of drug-likeness (QED) is 0.640. The van der Waals surface area contributed by atoms with Crippen LogP contribution in [0.2, 0.25) is 0 Å². The third-order valence-corrected chi connectivity index (χ3v) is 5.21. The van der Waals surface area contributed by atoms with Gasteiger partial charge in [0.2, 0.25) is 0 Å². The van der Waals surface area contributed by atoms with Gasteiger partial charge in [-0.05, 0) is 69.5 Å². The van der Waals surface area contributed by atoms with Crippen molar-refractivity contribution in [3.05, 3.63) is 28.2 Å². The van der Waals surface area contributed by atoms with Crippen molar-refractivity contribution in [2.24, 2.45) is 0 Å². The Morgan fingerprint density at radius 3 is 2.48 bits per heavy atom. The first-order chi connectivity index (χ1) is 12.6. The molecular weight excluding hydrogens is 408 g/mol. The first kappa shape index (κ1) is 22.0. The molecule has 0 spiro atoms. The van der Waals surface area contributed by atoms with Crippen molar-refractivity contribution in [3.63, 3.8) is 0 Å². The highest BCUT2D eigenvalue weighted by Gasteiger charge is 2.28. The van der Waals surface area contributed by atoms with Crippen LogP contribution in [0.4, 0.5) is 4.79 Å². The summed E-state index contributed by atoms with van der Waals surface area (Å²) in [6.45, 7) is 12.5. The molecule has 1 amide bonds. The fraction of sp³-hybridized carbons (Fsp3) is 0.667. The number of ether oxygens (including phenoxy) is 2. The zero-order valence-corrected chi connectivity index (χ0v) is 19.0. The number of carbonyl (C=O) groups excluding carboxylic acids is 1. The number of nitrogens with zero attached hydrogens (tertiary/aromatic N) is 2. The third kappa shape index (κ3) is 6.68. The maximum atomic E-state index is 12.3. The van der Waals surface area contributed by atoms with E-state index in [4.69, 9.17) is 9.47 Å². The second kappa shape index (κ2) is 9.28. The molecule has 0 saturated carbocycles. The minimum Gasteiger partial charge on any atom is -0.489 e. The average Bonchev–Trinajstić information content (AvgIpc) is 2.56. The minimum atomic E-state index is -0.459. The van der Waals surface area contributed by atoms with Gasteiger partial charge in [0.25, 0.3) is 0 Å². The number of para-hydroxylation sites is 1. The number of benzene rings is 1. The van der Waals surface area contributed by atoms with Crippen LogP contribution in [0.15, 0.2) is 22.7 Å². The van der Waals surface area contributed by atoms with Crippen molar-refractivity contribution in [2.75, 3.05) is 20.1 Å². The second-order valence-electron chi connectivity index (χ2n) is 8.49. The van der Waals surface area contributed by atoms with E-state index < -0.39 is 5.60 Å². The molecule has 1 aliphatic heterocycles. The van der Waals surface area contributed by atoms with Crippen LogP contribution in [-0.2, 0) is 11.3 Å². The molecule has 152 valence electrons. The Morgan fingerprint density at radius 2 is 1.93 bits per heavy atom. The van der Waals surface area contributed by atoms with Crippen LogP contribution >= 0.6 is 15.9 Å². The topological polar surface area (TPSA) is 42.0 Å². The lowest BCUT2D eigenvalue weighted by Gasteiger charge is -2.37. The number of likely N-dealkylation sites (tertiary alicyclic amines) is 1. The summed E-state index contributed by atoms with van der Waals surface area (Å²) in [6, 6.07) is 6.42. The van der Waals surface area contributed by atoms with Crippen molar-refractivity contribution in [1.29, 1.82) is 0 Å². The average molecular weight is 441 g/mol. The fourth-order valence-corrected chi connectivity index (χ4v) is 3.74. The van der Waals surface area contributed by atoms with Gasteiger partial charge >= 0.3 is 6.09 Å². The normalized spacial score (nSPS) is 16.4. The van der Waals surface area contributed by atoms with Gasteiger partial charge in [-0.2, -0.15) is 0 Å². The Kier molecular flexibility index (Phi) is 7.57. The molecule has 27 heavy (non-hydrogen) atoms. The summed E-state index contributed by atoms with van der Waals surface area (Å²) in [4.78, 5) is 16.5. The minimum absolute atomic E-state index is 0.135. The molecule has 1 aliphatic rings. The zero-order valence-electron chi connectivity index (χ0n) is 17.4. The highest BCUT2D eigenvalue weighted by molar-refractivity contribution is 9.10. The summed E-state index contributed by atoms with van der Waals surface area (Å²) in [5, 5.41) is 0. The molecule has 0 radical (unpaired) electrons. The van der Waals surface area contributed by atoms with Crippen molar-refractivity contribution < 1.29 is 14.3 Å². The molecule has 0 N–H and O–H groups in total. The number of halogens is 1. The van der Waals surface area contributed by atoms with E-state index in [1.807, 2.05) is 47.7 Å². The van der Waals surface area contributed by atoms with Crippen molar-refractivity contribution >= 4 is 22.0 Å². The molecule has 1 aromatic rings. The van der Waals surface area contributed by atoms with Gasteiger partial charge in [0.1, 0.15) is 11.4 Å². The Morgan fingerprint density at radius 1 is 1.30 bits per heavy atom. The molecule has 5 nitrogen and oxygen atoms in total. The van der Waals surface area contributed by atoms with Gasteiger partial charge in [-0.3, -0.25) is 4.90 Å². The predicted octanol–water partition coefficient (Wildman–Crippen LogP) is 5.07. The van der Waals surface area contributed by atoms with E-state index in [-0.39, 0.29) is 18.2 Å². The van der Waals surface area contributed by atoms with Gasteiger partial charge in [0.05, 0.1) is 10.6 Å². The van der Waals surface area contributed by atoms with Gasteiger partial charge in [0, 0.05) is 38.3 Å². The highest BCUT2D eigenvalue weighted by Crippen LogP contribution is 2.31. The molecule has 1 fully saturated rings. The SMILES string of the molecule is CC(C)Oc1c(Br)cccc1CN1CCC(N(C)C(=O)OC(C)(C)C)CC1. The summed E-state index contributed by atoms with van der Waals surface area (Å²) in [5.74, 6) is 0.931. The maximum Gasteiger partial charge on any atom is 0.410 e. The van der Waals surface area contributed by atoms with Crippen LogP contribution < -0.4 is 4.74 Å². The van der Waals surface area contributed by atoms with E-state index in [0.717, 1.165) is 42.7 Å². The summed E-state index contributed by atoms with van der Waals surface area (Å²) < 4.78 is 12.5. The van der Waals surface area contributed by atoms with Crippen LogP contribution in [0.5, 0.6) is 5.75 Å². The molecule has 0 atom stereocenters. The van der Waals surface area contributed by atoms with Crippen LogP contribution in [0.3, 0.4) is 0 Å². The van der Waals surface area contributed by atoms with Crippen molar-refractivity contribution in [2.45, 2.75) is 71.8 Å². The lowest BCUT2D eigenvalue weighted by atomic mass is 10.0. The van der Waals surface area contributed by atoms with Crippen LogP contribution in [0.25, 0.3) is 0 Å². The molecule has 1 saturated heterocycles. The summed E-state index contributed by atoms with van der Waals surface area (Å²) >= 11 is 3.61. The Hall–Kier alpha value is -1.27. The lowest BCUT2D eigenvalue weighted by Crippen LogP contribution is -2.46. The largest absolute Gasteiger partial charge is 0.489 e. The Bertz CT molecular complexity index is 635. The highest BCUT2D eigenvalue weighted by atomic mass is 79.9. The van der Waals surface area contributed by atoms with E-state index in [1.54, 1.807) is 4.90 Å². The summed E-state index contributed by atoms with van der Waals surface area (Å²) in [6.07, 6.45) is 1.80. The molecule has 0 bridgehead atoms. The predicted molar refractivity (Wildman–Crippen MR) is 112 cm³/mol. The van der Waals surface area contributed by atoms with E-state index >= 15 is 0 Å². The molecule has 6 heteroatoms. The van der Waals surface area contributed by atoms with Gasteiger partial charge in [-0.1, -0.05) is 12.1 Å². The van der Waals surface area contributed by atoms with E-state index in [0.29, 0.717) is 0 Å². The first-order valence-electron chi connectivity index (χ1n) is 9.69. The fourth-order valence-electron chi connectivity index (χ4n) is 3.23. The smallest absolute Gasteiger partial charge is 0.410 e. The molecule has 0 unspecified atom stereocenters. The number of carbonyl (C=O) groups is 1. The van der Waals surface area contributed by atoms with E-state index in [1.165, 1.54) is 5.56 Å². The third-order valence-electron chi connectivity index (χ3n) is 4.58. The molecular formula is C21H33BrN2O3. The Balaban J connectivity index is 1.93. The number of hydrogen-bond acceptors (Lipinski definition) is 4. The van der Waals surface area contributed by atoms with Gasteiger partial charge in [-0.15, -0.1) is 0 Å². The molecule has 0 aliphatic carbocycles. The van der Waals surface area contributed by atoms with Crippen LogP contribution in [-0.4, -0.2) is 53.8 Å².